The molecule has 0 radical (unpaired) electrons. The van der Waals surface area contributed by atoms with Crippen LogP contribution in [0.4, 0.5) is 11.6 Å². The van der Waals surface area contributed by atoms with Crippen LogP contribution in [0.15, 0.2) is 42.7 Å². The predicted molar refractivity (Wildman–Crippen MR) is 102 cm³/mol. The molecule has 2 aliphatic heterocycles. The van der Waals surface area contributed by atoms with E-state index in [1.807, 2.05) is 37.3 Å². The number of ether oxygens (including phenoxy) is 2. The van der Waals surface area contributed by atoms with Gasteiger partial charge in [-0.25, -0.2) is 9.97 Å². The van der Waals surface area contributed by atoms with Crippen molar-refractivity contribution in [3.05, 3.63) is 48.3 Å². The van der Waals surface area contributed by atoms with Crippen molar-refractivity contribution in [2.75, 3.05) is 42.6 Å². The standard InChI is InChI=1S/C20H24N4O3/c1-2-24(17-6-4-3-5-7-17)18(25)16-14-21-19(22-15-16)23-10-8-20(9-11-23)26-12-13-27-20/h3-7,14-15H,2,8-13H2,1H3. The van der Waals surface area contributed by atoms with Crippen molar-refractivity contribution < 1.29 is 14.3 Å². The second kappa shape index (κ2) is 7.62. The molecule has 7 nitrogen and oxygen atoms in total. The van der Waals surface area contributed by atoms with Gasteiger partial charge in [0.05, 0.1) is 18.8 Å². The number of amides is 1. The van der Waals surface area contributed by atoms with Crippen LogP contribution in [-0.4, -0.2) is 54.5 Å². The Morgan fingerprint density at radius 1 is 1.11 bits per heavy atom. The van der Waals surface area contributed by atoms with E-state index in [-0.39, 0.29) is 5.91 Å². The van der Waals surface area contributed by atoms with Crippen molar-refractivity contribution in [1.82, 2.24) is 9.97 Å². The number of anilines is 2. The SMILES string of the molecule is CCN(C(=O)c1cnc(N2CCC3(CC2)OCCO3)nc1)c1ccccc1. The Bertz CT molecular complexity index is 766. The number of para-hydroxylation sites is 1. The normalized spacial score (nSPS) is 18.6. The number of piperidine rings is 1. The number of hydrogen-bond acceptors (Lipinski definition) is 6. The molecule has 2 aliphatic rings. The van der Waals surface area contributed by atoms with Gasteiger partial charge in [0, 0.05) is 50.6 Å². The van der Waals surface area contributed by atoms with E-state index in [0.29, 0.717) is 31.3 Å². The molecule has 0 unspecified atom stereocenters. The van der Waals surface area contributed by atoms with Crippen LogP contribution in [0, 0.1) is 0 Å². The number of carbonyl (C=O) groups excluding carboxylic acids is 1. The molecule has 1 aromatic heterocycles. The Morgan fingerprint density at radius 3 is 2.33 bits per heavy atom. The fourth-order valence-corrected chi connectivity index (χ4v) is 3.64. The zero-order valence-corrected chi connectivity index (χ0v) is 15.5. The lowest BCUT2D eigenvalue weighted by Gasteiger charge is -2.37. The Kier molecular flexibility index (Phi) is 5.05. The van der Waals surface area contributed by atoms with Crippen molar-refractivity contribution in [2.45, 2.75) is 25.6 Å². The number of carbonyl (C=O) groups is 1. The van der Waals surface area contributed by atoms with E-state index in [1.54, 1.807) is 17.3 Å². The summed E-state index contributed by atoms with van der Waals surface area (Å²) >= 11 is 0. The van der Waals surface area contributed by atoms with Crippen molar-refractivity contribution in [1.29, 1.82) is 0 Å². The summed E-state index contributed by atoms with van der Waals surface area (Å²) in [6, 6.07) is 9.63. The third-order valence-electron chi connectivity index (χ3n) is 5.14. The molecular weight excluding hydrogens is 344 g/mol. The number of nitrogens with zero attached hydrogens (tertiary/aromatic N) is 4. The van der Waals surface area contributed by atoms with Crippen molar-refractivity contribution in [3.8, 4) is 0 Å². The highest BCUT2D eigenvalue weighted by Crippen LogP contribution is 2.32. The van der Waals surface area contributed by atoms with Gasteiger partial charge in [-0.3, -0.25) is 4.79 Å². The summed E-state index contributed by atoms with van der Waals surface area (Å²) in [4.78, 5) is 25.5. The molecule has 0 aliphatic carbocycles. The molecule has 2 saturated heterocycles. The summed E-state index contributed by atoms with van der Waals surface area (Å²) in [6.07, 6.45) is 4.83. The van der Waals surface area contributed by atoms with E-state index in [4.69, 9.17) is 9.47 Å². The van der Waals surface area contributed by atoms with E-state index < -0.39 is 5.79 Å². The Balaban J connectivity index is 1.43. The quantitative estimate of drug-likeness (QED) is 0.826. The molecule has 0 bridgehead atoms. The molecule has 1 spiro atoms. The van der Waals surface area contributed by atoms with Crippen molar-refractivity contribution in [3.63, 3.8) is 0 Å². The summed E-state index contributed by atoms with van der Waals surface area (Å²) in [5.74, 6) is 0.131. The van der Waals surface area contributed by atoms with Gasteiger partial charge in [-0.15, -0.1) is 0 Å². The van der Waals surface area contributed by atoms with Gasteiger partial charge in [0.25, 0.3) is 5.91 Å². The van der Waals surface area contributed by atoms with Crippen LogP contribution in [0.5, 0.6) is 0 Å². The molecular formula is C20H24N4O3. The first-order valence-corrected chi connectivity index (χ1v) is 9.43. The van der Waals surface area contributed by atoms with Crippen LogP contribution < -0.4 is 9.80 Å². The lowest BCUT2D eigenvalue weighted by molar-refractivity contribution is -0.169. The van der Waals surface area contributed by atoms with E-state index in [0.717, 1.165) is 31.6 Å². The molecule has 0 atom stereocenters. The Morgan fingerprint density at radius 2 is 1.74 bits per heavy atom. The fourth-order valence-electron chi connectivity index (χ4n) is 3.64. The summed E-state index contributed by atoms with van der Waals surface area (Å²) in [6.45, 7) is 5.43. The number of hydrogen-bond donors (Lipinski definition) is 0. The first kappa shape index (κ1) is 17.9. The first-order chi connectivity index (χ1) is 13.2. The maximum atomic E-state index is 12.8. The van der Waals surface area contributed by atoms with Gasteiger partial charge in [-0.1, -0.05) is 18.2 Å². The van der Waals surface area contributed by atoms with Crippen LogP contribution in [0.1, 0.15) is 30.1 Å². The monoisotopic (exact) mass is 368 g/mol. The molecule has 0 N–H and O–H groups in total. The first-order valence-electron chi connectivity index (χ1n) is 9.43. The van der Waals surface area contributed by atoms with Crippen LogP contribution in [0.3, 0.4) is 0 Å². The molecule has 0 saturated carbocycles. The molecule has 2 aromatic rings. The lowest BCUT2D eigenvalue weighted by atomic mass is 10.0. The molecule has 1 aromatic carbocycles. The summed E-state index contributed by atoms with van der Waals surface area (Å²) in [7, 11) is 0. The second-order valence-electron chi connectivity index (χ2n) is 6.75. The average molecular weight is 368 g/mol. The van der Waals surface area contributed by atoms with E-state index >= 15 is 0 Å². The smallest absolute Gasteiger partial charge is 0.261 e. The minimum absolute atomic E-state index is 0.0967. The highest BCUT2D eigenvalue weighted by molar-refractivity contribution is 6.05. The molecule has 7 heteroatoms. The summed E-state index contributed by atoms with van der Waals surface area (Å²) in [5.41, 5.74) is 1.35. The molecule has 27 heavy (non-hydrogen) atoms. The van der Waals surface area contributed by atoms with Gasteiger partial charge in [-0.2, -0.15) is 0 Å². The van der Waals surface area contributed by atoms with Crippen molar-refractivity contribution >= 4 is 17.5 Å². The largest absolute Gasteiger partial charge is 0.347 e. The highest BCUT2D eigenvalue weighted by Gasteiger charge is 2.40. The van der Waals surface area contributed by atoms with E-state index in [9.17, 15) is 4.79 Å². The van der Waals surface area contributed by atoms with Gasteiger partial charge >= 0.3 is 0 Å². The van der Waals surface area contributed by atoms with Gasteiger partial charge < -0.3 is 19.3 Å². The second-order valence-corrected chi connectivity index (χ2v) is 6.75. The molecule has 3 heterocycles. The molecule has 142 valence electrons. The van der Waals surface area contributed by atoms with Crippen LogP contribution in [-0.2, 0) is 9.47 Å². The average Bonchev–Trinajstić information content (AvgIpc) is 3.18. The van der Waals surface area contributed by atoms with Gasteiger partial charge in [-0.05, 0) is 19.1 Å². The molecule has 1 amide bonds. The minimum atomic E-state index is -0.413. The van der Waals surface area contributed by atoms with E-state index in [1.165, 1.54) is 0 Å². The molecule has 4 rings (SSSR count). The van der Waals surface area contributed by atoms with Crippen LogP contribution in [0.25, 0.3) is 0 Å². The number of benzene rings is 1. The minimum Gasteiger partial charge on any atom is -0.347 e. The highest BCUT2D eigenvalue weighted by atomic mass is 16.7. The topological polar surface area (TPSA) is 67.8 Å². The Labute approximate surface area is 158 Å². The zero-order valence-electron chi connectivity index (χ0n) is 15.5. The summed E-state index contributed by atoms with van der Waals surface area (Å²) in [5, 5.41) is 0. The summed E-state index contributed by atoms with van der Waals surface area (Å²) < 4.78 is 11.5. The van der Waals surface area contributed by atoms with Gasteiger partial charge in [0.1, 0.15) is 0 Å². The van der Waals surface area contributed by atoms with Crippen LogP contribution >= 0.6 is 0 Å². The van der Waals surface area contributed by atoms with Crippen molar-refractivity contribution in [2.24, 2.45) is 0 Å². The van der Waals surface area contributed by atoms with E-state index in [2.05, 4.69) is 14.9 Å². The third kappa shape index (κ3) is 3.65. The Hall–Kier alpha value is -2.51. The maximum absolute atomic E-state index is 12.8. The fraction of sp³-hybridized carbons (Fsp3) is 0.450. The lowest BCUT2D eigenvalue weighted by Crippen LogP contribution is -2.45. The van der Waals surface area contributed by atoms with Crippen LogP contribution in [0.2, 0.25) is 0 Å². The maximum Gasteiger partial charge on any atom is 0.261 e. The third-order valence-corrected chi connectivity index (χ3v) is 5.14. The predicted octanol–water partition coefficient (Wildman–Crippen LogP) is 2.49. The number of rotatable bonds is 4. The molecule has 2 fully saturated rings. The zero-order chi connectivity index (χ0) is 18.7. The van der Waals surface area contributed by atoms with Gasteiger partial charge in [0.2, 0.25) is 5.95 Å². The number of aromatic nitrogens is 2. The van der Waals surface area contributed by atoms with Gasteiger partial charge in [0.15, 0.2) is 5.79 Å².